The van der Waals surface area contributed by atoms with Crippen molar-refractivity contribution < 1.29 is 13.2 Å². The number of ether oxygens (including phenoxy) is 1. The summed E-state index contributed by atoms with van der Waals surface area (Å²) < 4.78 is 29.8. The lowest BCUT2D eigenvalue weighted by Crippen LogP contribution is -2.57. The maximum Gasteiger partial charge on any atom is 0.193 e. The van der Waals surface area contributed by atoms with Gasteiger partial charge < -0.3 is 19.9 Å². The number of nitrogens with zero attached hydrogens (tertiary/aromatic N) is 3. The Balaban J connectivity index is 0.00000450. The molecule has 1 aliphatic rings. The number of hydrogen-bond donors (Lipinski definition) is 1. The molecule has 0 amide bonds. The molecule has 0 aliphatic carbocycles. The minimum atomic E-state index is -3.08. The molecule has 0 saturated carbocycles. The van der Waals surface area contributed by atoms with E-state index in [1.807, 2.05) is 29.2 Å². The van der Waals surface area contributed by atoms with Gasteiger partial charge in [-0.2, -0.15) is 0 Å². The summed E-state index contributed by atoms with van der Waals surface area (Å²) in [5, 5.41) is 3.37. The zero-order chi connectivity index (χ0) is 21.5. The van der Waals surface area contributed by atoms with Crippen LogP contribution in [0.5, 0.6) is 5.75 Å². The van der Waals surface area contributed by atoms with E-state index in [1.165, 1.54) is 0 Å². The Morgan fingerprint density at radius 3 is 2.53 bits per heavy atom. The van der Waals surface area contributed by atoms with E-state index >= 15 is 0 Å². The molecule has 7 nitrogen and oxygen atoms in total. The number of likely N-dealkylation sites (N-methyl/N-ethyl adjacent to an activating group) is 1. The van der Waals surface area contributed by atoms with Crippen molar-refractivity contribution in [2.24, 2.45) is 4.99 Å². The monoisotopic (exact) mass is 552 g/mol. The molecule has 0 radical (unpaired) electrons. The van der Waals surface area contributed by atoms with Gasteiger partial charge in [0.25, 0.3) is 0 Å². The van der Waals surface area contributed by atoms with Crippen LogP contribution in [-0.4, -0.2) is 81.1 Å². The first-order chi connectivity index (χ1) is 13.7. The third-order valence-corrected chi connectivity index (χ3v) is 8.06. The van der Waals surface area contributed by atoms with Crippen molar-refractivity contribution in [3.05, 3.63) is 29.8 Å². The molecule has 1 fully saturated rings. The highest BCUT2D eigenvalue weighted by Gasteiger charge is 2.40. The SMILES string of the molecule is CCN(CC)CCOc1ccccc1CNC(=NC)N1CCS(=O)(=O)C(C)(C)C1.I. The van der Waals surface area contributed by atoms with Crippen LogP contribution in [0.25, 0.3) is 0 Å². The summed E-state index contributed by atoms with van der Waals surface area (Å²) in [6.07, 6.45) is 0. The molecule has 1 N–H and O–H groups in total. The summed E-state index contributed by atoms with van der Waals surface area (Å²) >= 11 is 0. The van der Waals surface area contributed by atoms with Gasteiger partial charge in [0.15, 0.2) is 15.8 Å². The number of aliphatic imine (C=N–C) groups is 1. The van der Waals surface area contributed by atoms with E-state index in [1.54, 1.807) is 20.9 Å². The predicted molar refractivity (Wildman–Crippen MR) is 135 cm³/mol. The summed E-state index contributed by atoms with van der Waals surface area (Å²) in [4.78, 5) is 8.71. The summed E-state index contributed by atoms with van der Waals surface area (Å²) in [5.41, 5.74) is 1.05. The molecule has 0 spiro atoms. The van der Waals surface area contributed by atoms with E-state index < -0.39 is 14.6 Å². The first kappa shape index (κ1) is 27.0. The lowest BCUT2D eigenvalue weighted by atomic mass is 10.2. The van der Waals surface area contributed by atoms with Crippen LogP contribution in [0.15, 0.2) is 29.3 Å². The molecule has 0 aromatic heterocycles. The normalized spacial score (nSPS) is 18.1. The van der Waals surface area contributed by atoms with Crippen molar-refractivity contribution in [1.29, 1.82) is 0 Å². The van der Waals surface area contributed by atoms with Crippen molar-refractivity contribution >= 4 is 39.8 Å². The van der Waals surface area contributed by atoms with E-state index in [0.717, 1.165) is 30.9 Å². The molecule has 2 rings (SSSR count). The van der Waals surface area contributed by atoms with Gasteiger partial charge in [-0.1, -0.05) is 32.0 Å². The Kier molecular flexibility index (Phi) is 10.9. The molecule has 172 valence electrons. The van der Waals surface area contributed by atoms with Crippen molar-refractivity contribution in [1.82, 2.24) is 15.1 Å². The van der Waals surface area contributed by atoms with Gasteiger partial charge in [-0.3, -0.25) is 4.99 Å². The van der Waals surface area contributed by atoms with E-state index in [0.29, 0.717) is 32.2 Å². The lowest BCUT2D eigenvalue weighted by Gasteiger charge is -2.39. The number of hydrogen-bond acceptors (Lipinski definition) is 5. The first-order valence-corrected chi connectivity index (χ1v) is 12.0. The van der Waals surface area contributed by atoms with E-state index in [2.05, 4.69) is 29.1 Å². The molecule has 0 unspecified atom stereocenters. The first-order valence-electron chi connectivity index (χ1n) is 10.3. The van der Waals surface area contributed by atoms with Crippen molar-refractivity contribution in [3.63, 3.8) is 0 Å². The van der Waals surface area contributed by atoms with Gasteiger partial charge in [-0.05, 0) is 33.0 Å². The third kappa shape index (κ3) is 6.98. The Bertz CT molecular complexity index is 795. The van der Waals surface area contributed by atoms with Gasteiger partial charge in [0.1, 0.15) is 12.4 Å². The summed E-state index contributed by atoms with van der Waals surface area (Å²) in [6.45, 7) is 12.9. The van der Waals surface area contributed by atoms with Gasteiger partial charge in [0.2, 0.25) is 0 Å². The Hall–Kier alpha value is -1.07. The molecule has 0 atom stereocenters. The van der Waals surface area contributed by atoms with Crippen LogP contribution in [0.2, 0.25) is 0 Å². The number of sulfone groups is 1. The zero-order valence-electron chi connectivity index (χ0n) is 18.8. The summed E-state index contributed by atoms with van der Waals surface area (Å²) in [6, 6.07) is 7.99. The molecule has 1 heterocycles. The number of para-hydroxylation sites is 1. The molecule has 0 bridgehead atoms. The molecule has 1 saturated heterocycles. The van der Waals surface area contributed by atoms with Crippen LogP contribution in [0.3, 0.4) is 0 Å². The Morgan fingerprint density at radius 1 is 1.27 bits per heavy atom. The maximum atomic E-state index is 12.3. The van der Waals surface area contributed by atoms with Crippen LogP contribution < -0.4 is 10.1 Å². The molecular formula is C21H37IN4O3S. The number of halogens is 1. The summed E-state index contributed by atoms with van der Waals surface area (Å²) in [7, 11) is -1.35. The van der Waals surface area contributed by atoms with E-state index in [9.17, 15) is 8.42 Å². The highest BCUT2D eigenvalue weighted by molar-refractivity contribution is 14.0. The average Bonchev–Trinajstić information content (AvgIpc) is 2.69. The smallest absolute Gasteiger partial charge is 0.193 e. The molecule has 30 heavy (non-hydrogen) atoms. The fraction of sp³-hybridized carbons (Fsp3) is 0.667. The lowest BCUT2D eigenvalue weighted by molar-refractivity contribution is 0.221. The van der Waals surface area contributed by atoms with Crippen LogP contribution in [-0.2, 0) is 16.4 Å². The molecular weight excluding hydrogens is 515 g/mol. The van der Waals surface area contributed by atoms with Gasteiger partial charge in [0, 0.05) is 38.8 Å². The van der Waals surface area contributed by atoms with Gasteiger partial charge in [0.05, 0.1) is 10.5 Å². The van der Waals surface area contributed by atoms with Gasteiger partial charge in [-0.15, -0.1) is 24.0 Å². The van der Waals surface area contributed by atoms with Crippen molar-refractivity contribution in [2.45, 2.75) is 39.0 Å². The minimum absolute atomic E-state index is 0. The zero-order valence-corrected chi connectivity index (χ0v) is 22.0. The largest absolute Gasteiger partial charge is 0.492 e. The second-order valence-electron chi connectivity index (χ2n) is 7.88. The Morgan fingerprint density at radius 2 is 1.93 bits per heavy atom. The molecule has 9 heteroatoms. The number of benzene rings is 1. The predicted octanol–water partition coefficient (Wildman–Crippen LogP) is 2.61. The van der Waals surface area contributed by atoms with Crippen LogP contribution in [0.1, 0.15) is 33.3 Å². The van der Waals surface area contributed by atoms with Crippen molar-refractivity contribution in [2.75, 3.05) is 52.1 Å². The Labute approximate surface area is 199 Å². The molecule has 1 aromatic rings. The highest BCUT2D eigenvalue weighted by Crippen LogP contribution is 2.24. The van der Waals surface area contributed by atoms with Crippen LogP contribution >= 0.6 is 24.0 Å². The number of guanidine groups is 1. The standard InChI is InChI=1S/C21H36N4O3S.HI/c1-6-24(7-2)12-14-28-19-11-9-8-10-18(19)16-23-20(22-5)25-13-15-29(26,27)21(3,4)17-25;/h8-11H,6-7,12-17H2,1-5H3,(H,22,23);1H. The van der Waals surface area contributed by atoms with Gasteiger partial charge >= 0.3 is 0 Å². The van der Waals surface area contributed by atoms with Crippen molar-refractivity contribution in [3.8, 4) is 5.75 Å². The molecule has 1 aliphatic heterocycles. The average molecular weight is 553 g/mol. The second kappa shape index (κ2) is 12.1. The van der Waals surface area contributed by atoms with E-state index in [4.69, 9.17) is 4.74 Å². The van der Waals surface area contributed by atoms with Gasteiger partial charge in [-0.25, -0.2) is 8.42 Å². The molecule has 1 aromatic carbocycles. The van der Waals surface area contributed by atoms with E-state index in [-0.39, 0.29) is 29.7 Å². The minimum Gasteiger partial charge on any atom is -0.492 e. The fourth-order valence-corrected chi connectivity index (χ4v) is 4.81. The second-order valence-corrected chi connectivity index (χ2v) is 10.6. The topological polar surface area (TPSA) is 74.2 Å². The fourth-order valence-electron chi connectivity index (χ4n) is 3.45. The van der Waals surface area contributed by atoms with Crippen LogP contribution in [0.4, 0.5) is 0 Å². The number of rotatable bonds is 8. The van der Waals surface area contributed by atoms with Crippen LogP contribution in [0, 0.1) is 0 Å². The third-order valence-electron chi connectivity index (χ3n) is 5.52. The summed E-state index contributed by atoms with van der Waals surface area (Å²) in [5.74, 6) is 1.72. The number of nitrogens with one attached hydrogen (secondary N) is 1. The quantitative estimate of drug-likeness (QED) is 0.304. The maximum absolute atomic E-state index is 12.3. The highest BCUT2D eigenvalue weighted by atomic mass is 127.